The van der Waals surface area contributed by atoms with Crippen LogP contribution >= 0.6 is 23.2 Å². The van der Waals surface area contributed by atoms with Gasteiger partial charge < -0.3 is 14.7 Å². The first kappa shape index (κ1) is 28.3. The number of nitrogens with zero attached hydrogens (tertiary/aromatic N) is 4. The first-order chi connectivity index (χ1) is 16.8. The van der Waals surface area contributed by atoms with Crippen LogP contribution in [0.2, 0.25) is 10.0 Å². The van der Waals surface area contributed by atoms with E-state index in [0.29, 0.717) is 72.2 Å². The number of hydrogen-bond donors (Lipinski definition) is 1. The summed E-state index contributed by atoms with van der Waals surface area (Å²) in [5.41, 5.74) is 1.21. The number of pyridine rings is 1. The Kier molecular flexibility index (Phi) is 8.61. The van der Waals surface area contributed by atoms with Crippen molar-refractivity contribution in [2.75, 3.05) is 20.2 Å². The van der Waals surface area contributed by atoms with Crippen LogP contribution in [0.5, 0.6) is 5.88 Å². The van der Waals surface area contributed by atoms with Gasteiger partial charge in [0.1, 0.15) is 5.02 Å². The maximum absolute atomic E-state index is 13.7. The van der Waals surface area contributed by atoms with Crippen molar-refractivity contribution in [1.29, 1.82) is 0 Å². The normalized spacial score (nSPS) is 20.3. The number of methoxy groups -OCH3 is 1. The predicted octanol–water partition coefficient (Wildman–Crippen LogP) is 5.84. The molecule has 10 heteroatoms. The van der Waals surface area contributed by atoms with Gasteiger partial charge >= 0.3 is 5.97 Å². The Morgan fingerprint density at radius 3 is 2.44 bits per heavy atom. The highest BCUT2D eigenvalue weighted by atomic mass is 35.5. The molecule has 8 nitrogen and oxygen atoms in total. The third kappa shape index (κ3) is 6.14. The van der Waals surface area contributed by atoms with E-state index in [2.05, 4.69) is 30.9 Å². The number of carboxylic acid groups (broad SMARTS) is 1. The summed E-state index contributed by atoms with van der Waals surface area (Å²) in [6.07, 6.45) is 6.18. The van der Waals surface area contributed by atoms with Crippen molar-refractivity contribution >= 4 is 35.1 Å². The summed E-state index contributed by atoms with van der Waals surface area (Å²) in [7, 11) is 1.50. The number of carboxylic acids is 1. The molecular weight excluding hydrogens is 503 g/mol. The molecule has 36 heavy (non-hydrogen) atoms. The van der Waals surface area contributed by atoms with Gasteiger partial charge in [0, 0.05) is 25.0 Å². The molecule has 0 radical (unpaired) electrons. The quantitative estimate of drug-likeness (QED) is 0.453. The first-order valence-electron chi connectivity index (χ1n) is 12.2. The molecule has 0 spiro atoms. The van der Waals surface area contributed by atoms with Crippen molar-refractivity contribution in [1.82, 2.24) is 19.7 Å². The van der Waals surface area contributed by atoms with E-state index in [1.54, 1.807) is 13.1 Å². The van der Waals surface area contributed by atoms with E-state index in [9.17, 15) is 14.7 Å². The van der Waals surface area contributed by atoms with Gasteiger partial charge in [0.15, 0.2) is 0 Å². The topological polar surface area (TPSA) is 97.5 Å². The first-order valence-corrected chi connectivity index (χ1v) is 13.0. The second-order valence-electron chi connectivity index (χ2n) is 11.1. The Bertz CT molecular complexity index is 1120. The molecule has 1 N–H and O–H groups in total. The minimum Gasteiger partial charge on any atom is -0.481 e. The minimum absolute atomic E-state index is 0.0805. The average molecular weight is 540 g/mol. The highest BCUT2D eigenvalue weighted by Gasteiger charge is 2.39. The SMILES string of the molecule is COc1ncc(Cl)c(CCN(CC(C)(C)C)C(=O)c2cnn([C@H]3CC[C@](C)(C(=O)O)CC3)c2C)c1Cl. The molecule has 2 aromatic rings. The average Bonchev–Trinajstić information content (AvgIpc) is 3.18. The number of halogens is 2. The van der Waals surface area contributed by atoms with Crippen LogP contribution in [0, 0.1) is 17.8 Å². The standard InChI is InChI=1S/C26H36Cl2N4O4/c1-16-19(13-30-32(16)17-7-10-26(5,11-8-17)24(34)35)23(33)31(15-25(2,3)4)12-9-18-20(27)14-29-22(36-6)21(18)28/h13-14,17H,7-12,15H2,1-6H3,(H,34,35)/t17-,26-. The Morgan fingerprint density at radius 2 is 1.89 bits per heavy atom. The van der Waals surface area contributed by atoms with E-state index in [-0.39, 0.29) is 17.4 Å². The molecule has 1 fully saturated rings. The van der Waals surface area contributed by atoms with Crippen molar-refractivity contribution in [3.05, 3.63) is 39.3 Å². The fraction of sp³-hybridized carbons (Fsp3) is 0.615. The van der Waals surface area contributed by atoms with Crippen molar-refractivity contribution in [2.45, 2.75) is 72.8 Å². The molecule has 0 saturated heterocycles. The van der Waals surface area contributed by atoms with E-state index in [4.69, 9.17) is 27.9 Å². The molecule has 198 valence electrons. The van der Waals surface area contributed by atoms with Gasteiger partial charge in [0.2, 0.25) is 5.88 Å². The van der Waals surface area contributed by atoms with E-state index in [1.807, 2.05) is 16.5 Å². The van der Waals surface area contributed by atoms with E-state index < -0.39 is 11.4 Å². The van der Waals surface area contributed by atoms with Gasteiger partial charge in [-0.05, 0) is 56.9 Å². The van der Waals surface area contributed by atoms with Crippen LogP contribution in [0.1, 0.15) is 81.0 Å². The van der Waals surface area contributed by atoms with Crippen LogP contribution in [-0.2, 0) is 11.2 Å². The second-order valence-corrected chi connectivity index (χ2v) is 11.9. The lowest BCUT2D eigenvalue weighted by Crippen LogP contribution is -2.39. The lowest BCUT2D eigenvalue weighted by atomic mass is 9.74. The number of hydrogen-bond acceptors (Lipinski definition) is 5. The lowest BCUT2D eigenvalue weighted by Gasteiger charge is -2.34. The monoisotopic (exact) mass is 538 g/mol. The van der Waals surface area contributed by atoms with Crippen LogP contribution in [0.15, 0.2) is 12.4 Å². The Morgan fingerprint density at radius 1 is 1.25 bits per heavy atom. The molecule has 1 amide bonds. The zero-order valence-corrected chi connectivity index (χ0v) is 23.4. The summed E-state index contributed by atoms with van der Waals surface area (Å²) in [6.45, 7) is 10.9. The van der Waals surface area contributed by atoms with Gasteiger partial charge in [0.05, 0.1) is 35.3 Å². The van der Waals surface area contributed by atoms with Gasteiger partial charge in [-0.15, -0.1) is 0 Å². The molecule has 0 bridgehead atoms. The summed E-state index contributed by atoms with van der Waals surface area (Å²) in [5.74, 6) is -0.555. The fourth-order valence-corrected chi connectivity index (χ4v) is 5.41. The molecule has 2 aromatic heterocycles. The van der Waals surface area contributed by atoms with Crippen LogP contribution in [0.3, 0.4) is 0 Å². The largest absolute Gasteiger partial charge is 0.481 e. The van der Waals surface area contributed by atoms with Crippen molar-refractivity contribution < 1.29 is 19.4 Å². The second kappa shape index (κ2) is 11.0. The van der Waals surface area contributed by atoms with Crippen molar-refractivity contribution in [3.8, 4) is 5.88 Å². The van der Waals surface area contributed by atoms with Gasteiger partial charge in [0.25, 0.3) is 5.91 Å². The molecular formula is C26H36Cl2N4O4. The molecule has 3 rings (SSSR count). The summed E-state index contributed by atoms with van der Waals surface area (Å²) in [6, 6.07) is 0.0805. The molecule has 2 heterocycles. The Labute approximate surface area is 222 Å². The number of aromatic nitrogens is 3. The molecule has 1 saturated carbocycles. The number of aliphatic carboxylic acids is 1. The Hall–Kier alpha value is -2.32. The molecule has 1 aliphatic carbocycles. The smallest absolute Gasteiger partial charge is 0.309 e. The molecule has 0 aromatic carbocycles. The maximum atomic E-state index is 13.7. The minimum atomic E-state index is -0.751. The summed E-state index contributed by atoms with van der Waals surface area (Å²) < 4.78 is 7.12. The summed E-state index contributed by atoms with van der Waals surface area (Å²) >= 11 is 12.8. The zero-order chi connectivity index (χ0) is 26.8. The van der Waals surface area contributed by atoms with Crippen LogP contribution in [-0.4, -0.2) is 56.8 Å². The molecule has 0 atom stereocenters. The highest BCUT2D eigenvalue weighted by molar-refractivity contribution is 6.36. The van der Waals surface area contributed by atoms with Gasteiger partial charge in [-0.3, -0.25) is 14.3 Å². The molecule has 1 aliphatic rings. The number of carbonyl (C=O) groups is 2. The third-order valence-electron chi connectivity index (χ3n) is 7.01. The number of ether oxygens (including phenoxy) is 1. The Balaban J connectivity index is 1.81. The molecule has 0 aliphatic heterocycles. The maximum Gasteiger partial charge on any atom is 0.309 e. The summed E-state index contributed by atoms with van der Waals surface area (Å²) in [4.78, 5) is 31.3. The predicted molar refractivity (Wildman–Crippen MR) is 140 cm³/mol. The highest BCUT2D eigenvalue weighted by Crippen LogP contribution is 2.41. The van der Waals surface area contributed by atoms with Crippen LogP contribution in [0.4, 0.5) is 0 Å². The van der Waals surface area contributed by atoms with Gasteiger partial charge in [-0.25, -0.2) is 4.98 Å². The van der Waals surface area contributed by atoms with E-state index in [0.717, 1.165) is 5.69 Å². The number of carbonyl (C=O) groups excluding carboxylic acids is 1. The van der Waals surface area contributed by atoms with Crippen molar-refractivity contribution in [2.24, 2.45) is 10.8 Å². The number of amides is 1. The van der Waals surface area contributed by atoms with E-state index in [1.165, 1.54) is 13.3 Å². The molecule has 0 unspecified atom stereocenters. The summed E-state index contributed by atoms with van der Waals surface area (Å²) in [5, 5.41) is 14.9. The fourth-order valence-electron chi connectivity index (χ4n) is 4.80. The number of rotatable bonds is 8. The van der Waals surface area contributed by atoms with Crippen LogP contribution in [0.25, 0.3) is 0 Å². The zero-order valence-electron chi connectivity index (χ0n) is 21.9. The van der Waals surface area contributed by atoms with Gasteiger partial charge in [-0.1, -0.05) is 44.0 Å². The van der Waals surface area contributed by atoms with Gasteiger partial charge in [-0.2, -0.15) is 5.10 Å². The lowest BCUT2D eigenvalue weighted by molar-refractivity contribution is -0.150. The van der Waals surface area contributed by atoms with Crippen LogP contribution < -0.4 is 4.74 Å². The van der Waals surface area contributed by atoms with Crippen molar-refractivity contribution in [3.63, 3.8) is 0 Å². The van der Waals surface area contributed by atoms with E-state index >= 15 is 0 Å². The third-order valence-corrected chi connectivity index (χ3v) is 7.73.